The first-order valence-corrected chi connectivity index (χ1v) is 6.81. The Morgan fingerprint density at radius 3 is 2.76 bits per heavy atom. The number of hydrogen-bond acceptors (Lipinski definition) is 6. The summed E-state index contributed by atoms with van der Waals surface area (Å²) >= 11 is 0. The second-order valence-electron chi connectivity index (χ2n) is 4.81. The molecule has 0 aromatic carbocycles. The van der Waals surface area contributed by atoms with E-state index in [0.717, 1.165) is 6.42 Å². The third-order valence-electron chi connectivity index (χ3n) is 3.40. The Morgan fingerprint density at radius 2 is 2.14 bits per heavy atom. The van der Waals surface area contributed by atoms with Gasteiger partial charge in [-0.15, -0.1) is 0 Å². The molecule has 0 spiro atoms. The SMILES string of the molecule is O=C(O)C(CCO)NC(=O)C1CCCN1c1ncccn1. The molecule has 21 heavy (non-hydrogen) atoms. The van der Waals surface area contributed by atoms with Crippen LogP contribution in [0.1, 0.15) is 19.3 Å². The first-order valence-electron chi connectivity index (χ1n) is 6.81. The highest BCUT2D eigenvalue weighted by molar-refractivity contribution is 5.89. The highest BCUT2D eigenvalue weighted by atomic mass is 16.4. The van der Waals surface area contributed by atoms with Crippen LogP contribution in [0.4, 0.5) is 5.95 Å². The zero-order valence-electron chi connectivity index (χ0n) is 11.5. The molecular formula is C13H18N4O4. The van der Waals surface area contributed by atoms with Crippen LogP contribution in [-0.2, 0) is 9.59 Å². The zero-order valence-corrected chi connectivity index (χ0v) is 11.5. The largest absolute Gasteiger partial charge is 0.480 e. The molecule has 0 saturated carbocycles. The summed E-state index contributed by atoms with van der Waals surface area (Å²) in [5, 5.41) is 20.3. The minimum Gasteiger partial charge on any atom is -0.480 e. The van der Waals surface area contributed by atoms with Gasteiger partial charge in [0.05, 0.1) is 0 Å². The van der Waals surface area contributed by atoms with E-state index in [9.17, 15) is 9.59 Å². The van der Waals surface area contributed by atoms with Crippen molar-refractivity contribution in [3.05, 3.63) is 18.5 Å². The van der Waals surface area contributed by atoms with Crippen molar-refractivity contribution in [3.8, 4) is 0 Å². The normalized spacial score (nSPS) is 19.3. The Labute approximate surface area is 121 Å². The number of hydrogen-bond donors (Lipinski definition) is 3. The van der Waals surface area contributed by atoms with Crippen molar-refractivity contribution in [2.24, 2.45) is 0 Å². The maximum Gasteiger partial charge on any atom is 0.326 e. The average molecular weight is 294 g/mol. The number of amides is 1. The van der Waals surface area contributed by atoms with Gasteiger partial charge in [-0.1, -0.05) is 0 Å². The fraction of sp³-hybridized carbons (Fsp3) is 0.538. The lowest BCUT2D eigenvalue weighted by Gasteiger charge is -2.25. The minimum atomic E-state index is -1.15. The predicted octanol–water partition coefficient (Wildman–Crippen LogP) is -0.603. The number of nitrogens with one attached hydrogen (secondary N) is 1. The zero-order chi connectivity index (χ0) is 15.2. The number of aliphatic carboxylic acids is 1. The van der Waals surface area contributed by atoms with Gasteiger partial charge in [-0.05, 0) is 18.9 Å². The Hall–Kier alpha value is -2.22. The van der Waals surface area contributed by atoms with E-state index in [1.807, 2.05) is 0 Å². The van der Waals surface area contributed by atoms with Crippen LogP contribution in [0.3, 0.4) is 0 Å². The summed E-state index contributed by atoms with van der Waals surface area (Å²) in [7, 11) is 0. The van der Waals surface area contributed by atoms with Gasteiger partial charge in [0.25, 0.3) is 0 Å². The number of carboxylic acid groups (broad SMARTS) is 1. The molecule has 1 aliphatic heterocycles. The molecule has 1 fully saturated rings. The van der Waals surface area contributed by atoms with Crippen molar-refractivity contribution in [1.82, 2.24) is 15.3 Å². The van der Waals surface area contributed by atoms with Crippen LogP contribution in [0.25, 0.3) is 0 Å². The van der Waals surface area contributed by atoms with E-state index in [2.05, 4.69) is 15.3 Å². The van der Waals surface area contributed by atoms with Gasteiger partial charge in [0.1, 0.15) is 12.1 Å². The molecule has 2 atom stereocenters. The number of aliphatic hydroxyl groups excluding tert-OH is 1. The number of rotatable bonds is 6. The predicted molar refractivity (Wildman–Crippen MR) is 73.7 cm³/mol. The number of aliphatic hydroxyl groups is 1. The highest BCUT2D eigenvalue weighted by Crippen LogP contribution is 2.22. The standard InChI is InChI=1S/C13H18N4O4/c18-8-4-9(12(20)21)16-11(19)10-3-1-7-17(10)13-14-5-2-6-15-13/h2,5-6,9-10,18H,1,3-4,7-8H2,(H,16,19)(H,20,21). The van der Waals surface area contributed by atoms with Gasteiger partial charge in [0.15, 0.2) is 0 Å². The maximum atomic E-state index is 12.3. The van der Waals surface area contributed by atoms with E-state index < -0.39 is 18.1 Å². The average Bonchev–Trinajstić information content (AvgIpc) is 2.97. The van der Waals surface area contributed by atoms with Gasteiger partial charge in [-0.25, -0.2) is 14.8 Å². The summed E-state index contributed by atoms with van der Waals surface area (Å²) in [6.45, 7) is 0.354. The number of aromatic nitrogens is 2. The quantitative estimate of drug-likeness (QED) is 0.641. The second-order valence-corrected chi connectivity index (χ2v) is 4.81. The van der Waals surface area contributed by atoms with Crippen molar-refractivity contribution in [2.75, 3.05) is 18.1 Å². The van der Waals surface area contributed by atoms with Gasteiger partial charge < -0.3 is 20.4 Å². The Balaban J connectivity index is 2.05. The number of carbonyl (C=O) groups excluding carboxylic acids is 1. The third kappa shape index (κ3) is 3.66. The molecule has 1 aromatic rings. The molecule has 0 bridgehead atoms. The van der Waals surface area contributed by atoms with E-state index in [0.29, 0.717) is 18.9 Å². The van der Waals surface area contributed by atoms with Gasteiger partial charge in [-0.3, -0.25) is 4.79 Å². The van der Waals surface area contributed by atoms with Crippen molar-refractivity contribution < 1.29 is 19.8 Å². The molecule has 2 rings (SSSR count). The Morgan fingerprint density at radius 1 is 1.43 bits per heavy atom. The lowest BCUT2D eigenvalue weighted by Crippen LogP contribution is -2.50. The molecule has 1 saturated heterocycles. The first kappa shape index (κ1) is 15.2. The topological polar surface area (TPSA) is 116 Å². The van der Waals surface area contributed by atoms with Crippen LogP contribution in [-0.4, -0.2) is 57.3 Å². The van der Waals surface area contributed by atoms with E-state index in [4.69, 9.17) is 10.2 Å². The number of carbonyl (C=O) groups is 2. The molecular weight excluding hydrogens is 276 g/mol. The summed E-state index contributed by atoms with van der Waals surface area (Å²) in [6, 6.07) is 0.130. The van der Waals surface area contributed by atoms with Gasteiger partial charge in [0.2, 0.25) is 11.9 Å². The van der Waals surface area contributed by atoms with Crippen LogP contribution in [0.2, 0.25) is 0 Å². The molecule has 3 N–H and O–H groups in total. The fourth-order valence-electron chi connectivity index (χ4n) is 2.37. The lowest BCUT2D eigenvalue weighted by molar-refractivity contribution is -0.142. The monoisotopic (exact) mass is 294 g/mol. The van der Waals surface area contributed by atoms with Crippen LogP contribution in [0.15, 0.2) is 18.5 Å². The number of nitrogens with zero attached hydrogens (tertiary/aromatic N) is 3. The van der Waals surface area contributed by atoms with Crippen molar-refractivity contribution in [2.45, 2.75) is 31.3 Å². The molecule has 114 valence electrons. The molecule has 2 unspecified atom stereocenters. The Kier molecular flexibility index (Phi) is 5.04. The minimum absolute atomic E-state index is 0.0182. The lowest BCUT2D eigenvalue weighted by atomic mass is 10.1. The van der Waals surface area contributed by atoms with Gasteiger partial charge in [-0.2, -0.15) is 0 Å². The van der Waals surface area contributed by atoms with Crippen molar-refractivity contribution in [3.63, 3.8) is 0 Å². The molecule has 2 heterocycles. The van der Waals surface area contributed by atoms with E-state index in [-0.39, 0.29) is 18.9 Å². The smallest absolute Gasteiger partial charge is 0.326 e. The summed E-state index contributed by atoms with van der Waals surface area (Å²) in [5.41, 5.74) is 0. The Bertz CT molecular complexity index is 496. The van der Waals surface area contributed by atoms with Gasteiger partial charge in [0, 0.05) is 32.0 Å². The van der Waals surface area contributed by atoms with E-state index >= 15 is 0 Å². The summed E-state index contributed by atoms with van der Waals surface area (Å²) < 4.78 is 0. The molecule has 8 nitrogen and oxygen atoms in total. The first-order chi connectivity index (χ1) is 10.1. The molecule has 0 aliphatic carbocycles. The van der Waals surface area contributed by atoms with Crippen LogP contribution in [0.5, 0.6) is 0 Å². The molecule has 1 amide bonds. The second kappa shape index (κ2) is 6.98. The molecule has 8 heteroatoms. The van der Waals surface area contributed by atoms with Gasteiger partial charge >= 0.3 is 5.97 Å². The molecule has 1 aliphatic rings. The van der Waals surface area contributed by atoms with Crippen LogP contribution in [0, 0.1) is 0 Å². The molecule has 1 aromatic heterocycles. The van der Waals surface area contributed by atoms with E-state index in [1.165, 1.54) is 0 Å². The summed E-state index contributed by atoms with van der Waals surface area (Å²) in [5.74, 6) is -1.07. The summed E-state index contributed by atoms with van der Waals surface area (Å²) in [4.78, 5) is 33.3. The molecule has 0 radical (unpaired) electrons. The van der Waals surface area contributed by atoms with Crippen LogP contribution >= 0.6 is 0 Å². The van der Waals surface area contributed by atoms with E-state index in [1.54, 1.807) is 23.4 Å². The van der Waals surface area contributed by atoms with Crippen molar-refractivity contribution >= 4 is 17.8 Å². The summed E-state index contributed by atoms with van der Waals surface area (Å²) in [6.07, 6.45) is 4.61. The van der Waals surface area contributed by atoms with Crippen LogP contribution < -0.4 is 10.2 Å². The number of anilines is 1. The third-order valence-corrected chi connectivity index (χ3v) is 3.40. The number of carboxylic acids is 1. The fourth-order valence-corrected chi connectivity index (χ4v) is 2.37. The van der Waals surface area contributed by atoms with Crippen molar-refractivity contribution in [1.29, 1.82) is 0 Å². The maximum absolute atomic E-state index is 12.3. The highest BCUT2D eigenvalue weighted by Gasteiger charge is 2.34.